The SMILES string of the molecule is CC(CNC(=O)c1n[nH]c2c1CNCC2)N1CCc2ccccc2C1.Cl. The fourth-order valence-electron chi connectivity index (χ4n) is 3.76. The lowest BCUT2D eigenvalue weighted by Crippen LogP contribution is -2.44. The summed E-state index contributed by atoms with van der Waals surface area (Å²) in [5.74, 6) is -0.0783. The summed E-state index contributed by atoms with van der Waals surface area (Å²) < 4.78 is 0. The number of rotatable bonds is 4. The van der Waals surface area contributed by atoms with Gasteiger partial charge in [0.15, 0.2) is 5.69 Å². The molecule has 1 atom stereocenters. The number of aromatic amines is 1. The zero-order valence-corrected chi connectivity index (χ0v) is 15.9. The summed E-state index contributed by atoms with van der Waals surface area (Å²) in [6.07, 6.45) is 1.98. The van der Waals surface area contributed by atoms with Crippen LogP contribution in [0.25, 0.3) is 0 Å². The molecule has 0 aliphatic carbocycles. The Hall–Kier alpha value is -1.89. The van der Waals surface area contributed by atoms with Crippen molar-refractivity contribution in [3.05, 3.63) is 52.3 Å². The number of nitrogens with zero attached hydrogens (tertiary/aromatic N) is 2. The summed E-state index contributed by atoms with van der Waals surface area (Å²) in [7, 11) is 0. The van der Waals surface area contributed by atoms with Crippen LogP contribution in [0.4, 0.5) is 0 Å². The molecule has 1 aromatic heterocycles. The van der Waals surface area contributed by atoms with E-state index in [0.717, 1.165) is 43.7 Å². The Morgan fingerprint density at radius 1 is 1.31 bits per heavy atom. The van der Waals surface area contributed by atoms with Gasteiger partial charge in [-0.15, -0.1) is 12.4 Å². The summed E-state index contributed by atoms with van der Waals surface area (Å²) in [4.78, 5) is 15.0. The Morgan fingerprint density at radius 3 is 2.96 bits per heavy atom. The number of carbonyl (C=O) groups is 1. The predicted octanol–water partition coefficient (Wildman–Crippen LogP) is 1.65. The molecule has 1 aromatic carbocycles. The molecule has 7 heteroatoms. The number of aromatic nitrogens is 2. The first-order valence-corrected chi connectivity index (χ1v) is 9.08. The van der Waals surface area contributed by atoms with Gasteiger partial charge >= 0.3 is 0 Å². The third-order valence-corrected chi connectivity index (χ3v) is 5.36. The van der Waals surface area contributed by atoms with Crippen molar-refractivity contribution in [2.75, 3.05) is 19.6 Å². The fourth-order valence-corrected chi connectivity index (χ4v) is 3.76. The average Bonchev–Trinajstić information content (AvgIpc) is 3.09. The molecular weight excluding hydrogens is 350 g/mol. The van der Waals surface area contributed by atoms with Crippen molar-refractivity contribution in [3.63, 3.8) is 0 Å². The molecule has 2 aliphatic heterocycles. The Balaban J connectivity index is 0.00000196. The van der Waals surface area contributed by atoms with Crippen LogP contribution in [-0.2, 0) is 25.9 Å². The quantitative estimate of drug-likeness (QED) is 0.759. The summed E-state index contributed by atoms with van der Waals surface area (Å²) in [5.41, 5.74) is 5.50. The number of hydrogen-bond acceptors (Lipinski definition) is 4. The number of carbonyl (C=O) groups excluding carboxylic acids is 1. The topological polar surface area (TPSA) is 73.0 Å². The minimum atomic E-state index is -0.0783. The molecule has 0 radical (unpaired) electrons. The number of amides is 1. The van der Waals surface area contributed by atoms with Crippen molar-refractivity contribution in [3.8, 4) is 0 Å². The van der Waals surface area contributed by atoms with Gasteiger partial charge in [0.05, 0.1) is 0 Å². The second-order valence-electron chi connectivity index (χ2n) is 7.00. The van der Waals surface area contributed by atoms with Crippen LogP contribution < -0.4 is 10.6 Å². The van der Waals surface area contributed by atoms with E-state index in [-0.39, 0.29) is 18.3 Å². The summed E-state index contributed by atoms with van der Waals surface area (Å²) in [5, 5.41) is 13.6. The summed E-state index contributed by atoms with van der Waals surface area (Å²) in [6.45, 7) is 6.45. The highest BCUT2D eigenvalue weighted by Gasteiger charge is 2.24. The fraction of sp³-hybridized carbons (Fsp3) is 0.474. The van der Waals surface area contributed by atoms with Crippen molar-refractivity contribution >= 4 is 18.3 Å². The molecule has 1 amide bonds. The highest BCUT2D eigenvalue weighted by atomic mass is 35.5. The minimum absolute atomic E-state index is 0. The van der Waals surface area contributed by atoms with Crippen molar-refractivity contribution in [1.82, 2.24) is 25.7 Å². The zero-order chi connectivity index (χ0) is 17.2. The van der Waals surface area contributed by atoms with Crippen molar-refractivity contribution < 1.29 is 4.79 Å². The second-order valence-corrected chi connectivity index (χ2v) is 7.00. The first-order valence-electron chi connectivity index (χ1n) is 9.08. The van der Waals surface area contributed by atoms with Crippen LogP contribution in [0.5, 0.6) is 0 Å². The number of benzene rings is 1. The third kappa shape index (κ3) is 3.77. The smallest absolute Gasteiger partial charge is 0.272 e. The lowest BCUT2D eigenvalue weighted by Gasteiger charge is -2.33. The Morgan fingerprint density at radius 2 is 2.12 bits per heavy atom. The highest BCUT2D eigenvalue weighted by Crippen LogP contribution is 2.20. The van der Waals surface area contributed by atoms with Crippen LogP contribution in [0.3, 0.4) is 0 Å². The number of H-pyrrole nitrogens is 1. The summed E-state index contributed by atoms with van der Waals surface area (Å²) in [6, 6.07) is 8.93. The van der Waals surface area contributed by atoms with Gasteiger partial charge in [0.2, 0.25) is 0 Å². The van der Waals surface area contributed by atoms with Crippen LogP contribution in [0.1, 0.15) is 39.8 Å². The minimum Gasteiger partial charge on any atom is -0.349 e. The van der Waals surface area contributed by atoms with Crippen molar-refractivity contribution in [2.45, 2.75) is 38.9 Å². The van der Waals surface area contributed by atoms with E-state index in [1.165, 1.54) is 11.1 Å². The van der Waals surface area contributed by atoms with Gasteiger partial charge in [0.25, 0.3) is 5.91 Å². The molecule has 0 fully saturated rings. The zero-order valence-electron chi connectivity index (χ0n) is 15.0. The molecule has 0 saturated carbocycles. The van der Waals surface area contributed by atoms with Crippen LogP contribution in [0.15, 0.2) is 24.3 Å². The van der Waals surface area contributed by atoms with E-state index < -0.39 is 0 Å². The van der Waals surface area contributed by atoms with E-state index in [1.807, 2.05) is 0 Å². The van der Waals surface area contributed by atoms with E-state index in [2.05, 4.69) is 56.9 Å². The number of nitrogens with one attached hydrogen (secondary N) is 3. The van der Waals surface area contributed by atoms with Crippen LogP contribution in [0.2, 0.25) is 0 Å². The maximum atomic E-state index is 12.5. The molecule has 26 heavy (non-hydrogen) atoms. The van der Waals surface area contributed by atoms with E-state index >= 15 is 0 Å². The predicted molar refractivity (Wildman–Crippen MR) is 104 cm³/mol. The maximum absolute atomic E-state index is 12.5. The van der Waals surface area contributed by atoms with Gasteiger partial charge in [0.1, 0.15) is 0 Å². The molecule has 4 rings (SSSR count). The van der Waals surface area contributed by atoms with E-state index in [0.29, 0.717) is 24.8 Å². The first-order chi connectivity index (χ1) is 12.2. The van der Waals surface area contributed by atoms with Gasteiger partial charge in [-0.3, -0.25) is 14.8 Å². The lowest BCUT2D eigenvalue weighted by molar-refractivity contribution is 0.0926. The van der Waals surface area contributed by atoms with Gasteiger partial charge in [-0.1, -0.05) is 24.3 Å². The molecule has 0 bridgehead atoms. The van der Waals surface area contributed by atoms with Crippen molar-refractivity contribution in [1.29, 1.82) is 0 Å². The largest absolute Gasteiger partial charge is 0.349 e. The second kappa shape index (κ2) is 8.20. The van der Waals surface area contributed by atoms with E-state index in [4.69, 9.17) is 0 Å². The highest BCUT2D eigenvalue weighted by molar-refractivity contribution is 5.94. The van der Waals surface area contributed by atoms with Crippen LogP contribution in [0, 0.1) is 0 Å². The molecule has 3 N–H and O–H groups in total. The van der Waals surface area contributed by atoms with Gasteiger partial charge in [-0.05, 0) is 24.5 Å². The Kier molecular flexibility index (Phi) is 5.96. The summed E-state index contributed by atoms with van der Waals surface area (Å²) >= 11 is 0. The average molecular weight is 376 g/mol. The van der Waals surface area contributed by atoms with Crippen LogP contribution >= 0.6 is 12.4 Å². The maximum Gasteiger partial charge on any atom is 0.272 e. The van der Waals surface area contributed by atoms with Crippen LogP contribution in [-0.4, -0.2) is 46.7 Å². The molecule has 0 spiro atoms. The van der Waals surface area contributed by atoms with Crippen molar-refractivity contribution in [2.24, 2.45) is 0 Å². The first kappa shape index (κ1) is 18.9. The molecule has 140 valence electrons. The van der Waals surface area contributed by atoms with Gasteiger partial charge in [-0.25, -0.2) is 0 Å². The molecule has 0 saturated heterocycles. The molecule has 2 aliphatic rings. The Labute approximate surface area is 160 Å². The monoisotopic (exact) mass is 375 g/mol. The van der Waals surface area contributed by atoms with Gasteiger partial charge in [-0.2, -0.15) is 5.10 Å². The molecule has 2 aromatic rings. The van der Waals surface area contributed by atoms with Gasteiger partial charge in [0, 0.05) is 56.4 Å². The normalized spacial score (nSPS) is 17.6. The Bertz CT molecular complexity index is 775. The molecular formula is C19H26ClN5O. The van der Waals surface area contributed by atoms with E-state index in [9.17, 15) is 4.79 Å². The van der Waals surface area contributed by atoms with Gasteiger partial charge < -0.3 is 10.6 Å². The number of hydrogen-bond donors (Lipinski definition) is 3. The molecule has 1 unspecified atom stereocenters. The number of fused-ring (bicyclic) bond motifs is 2. The van der Waals surface area contributed by atoms with E-state index in [1.54, 1.807) is 0 Å². The molecule has 3 heterocycles. The lowest BCUT2D eigenvalue weighted by atomic mass is 9.99. The standard InChI is InChI=1S/C19H25N5O.ClH/c1-13(24-9-7-14-4-2-3-5-15(14)12-24)10-21-19(25)18-16-11-20-8-6-17(16)22-23-18;/h2-5,13,20H,6-12H2,1H3,(H,21,25)(H,22,23);1H. The molecule has 6 nitrogen and oxygen atoms in total. The number of halogens is 1. The third-order valence-electron chi connectivity index (χ3n) is 5.36.